The van der Waals surface area contributed by atoms with Crippen LogP contribution < -0.4 is 5.11 Å². The summed E-state index contributed by atoms with van der Waals surface area (Å²) in [7, 11) is -0.109. The van der Waals surface area contributed by atoms with Gasteiger partial charge in [-0.25, -0.2) is 0 Å². The Morgan fingerprint density at radius 3 is 0.971 bits per heavy atom. The fraction of sp³-hybridized carbons (Fsp3) is 0.387. The topological polar surface area (TPSA) is 40.1 Å². The van der Waals surface area contributed by atoms with Gasteiger partial charge in [-0.15, -0.1) is 0 Å². The summed E-state index contributed by atoms with van der Waals surface area (Å²) < 4.78 is 0. The lowest BCUT2D eigenvalue weighted by Gasteiger charge is -2.20. The maximum Gasteiger partial charge on any atom is 0.172 e. The second-order valence-corrected chi connectivity index (χ2v) is 11.4. The molecule has 0 heterocycles. The molecule has 0 saturated heterocycles. The minimum Gasteiger partial charge on any atom is -0.550 e. The van der Waals surface area contributed by atoms with E-state index in [0.717, 1.165) is 0 Å². The smallest absolute Gasteiger partial charge is 0.172 e. The standard InChI is InChI=1S/C27H33S.C4H8O2/c1-16-10-19(4)25(20(5)11-16)28(26-21(6)12-17(2)13-22(26)7)27-23(8)14-18(3)15-24(27)9;1-2-3-4(5)6/h10-15H,1-9H3;2-3H2,1H3,(H,5,6)/q+1;/p-1. The Kier molecular flexibility index (Phi) is 9.58. The van der Waals surface area contributed by atoms with Crippen molar-refractivity contribution in [2.75, 3.05) is 0 Å². The first-order valence-electron chi connectivity index (χ1n) is 12.0. The molecule has 3 rings (SSSR count). The normalized spacial score (nSPS) is 10.8. The number of hydrogen-bond acceptors (Lipinski definition) is 2. The monoisotopic (exact) mass is 476 g/mol. The van der Waals surface area contributed by atoms with Crippen LogP contribution in [0.1, 0.15) is 69.8 Å². The van der Waals surface area contributed by atoms with Gasteiger partial charge in [-0.3, -0.25) is 0 Å². The number of carboxylic acid groups (broad SMARTS) is 1. The number of aryl methyl sites for hydroxylation is 9. The third-order valence-corrected chi connectivity index (χ3v) is 9.04. The molecule has 0 unspecified atom stereocenters. The van der Waals surface area contributed by atoms with Gasteiger partial charge in [-0.05, 0) is 68.7 Å². The molecule has 0 aliphatic rings. The quantitative estimate of drug-likeness (QED) is 0.369. The van der Waals surface area contributed by atoms with Crippen LogP contribution in [-0.2, 0) is 15.7 Å². The van der Waals surface area contributed by atoms with Crippen LogP contribution in [0.15, 0.2) is 51.1 Å². The average Bonchev–Trinajstić information content (AvgIpc) is 2.65. The van der Waals surface area contributed by atoms with Crippen LogP contribution in [-0.4, -0.2) is 5.97 Å². The average molecular weight is 477 g/mol. The predicted molar refractivity (Wildman–Crippen MR) is 144 cm³/mol. The van der Waals surface area contributed by atoms with Crippen molar-refractivity contribution in [3.8, 4) is 0 Å². The molecule has 0 bridgehead atoms. The zero-order chi connectivity index (χ0) is 25.7. The number of rotatable bonds is 5. The molecule has 0 N–H and O–H groups in total. The van der Waals surface area contributed by atoms with E-state index in [0.29, 0.717) is 6.42 Å². The van der Waals surface area contributed by atoms with Crippen molar-refractivity contribution < 1.29 is 9.90 Å². The number of carboxylic acids is 1. The molecule has 0 fully saturated rings. The van der Waals surface area contributed by atoms with Crippen molar-refractivity contribution in [1.82, 2.24) is 0 Å². The second kappa shape index (κ2) is 11.8. The molecule has 0 aromatic heterocycles. The van der Waals surface area contributed by atoms with E-state index in [-0.39, 0.29) is 17.3 Å². The zero-order valence-corrected chi connectivity index (χ0v) is 23.4. The lowest BCUT2D eigenvalue weighted by molar-refractivity contribution is -0.305. The van der Waals surface area contributed by atoms with E-state index >= 15 is 0 Å². The molecule has 0 aliphatic carbocycles. The van der Waals surface area contributed by atoms with Gasteiger partial charge in [0.05, 0.1) is 0 Å². The van der Waals surface area contributed by atoms with Gasteiger partial charge in [0.1, 0.15) is 10.9 Å². The van der Waals surface area contributed by atoms with E-state index in [1.54, 1.807) is 6.92 Å². The summed E-state index contributed by atoms with van der Waals surface area (Å²) in [6, 6.07) is 14.1. The third-order valence-electron chi connectivity index (χ3n) is 5.88. The SMILES string of the molecule is CCCC(=O)[O-].Cc1cc(C)c([S+](c2c(C)cc(C)cc2C)c2c(C)cc(C)cc2C)c(C)c1. The van der Waals surface area contributed by atoms with E-state index < -0.39 is 5.97 Å². The Balaban J connectivity index is 0.000000604. The van der Waals surface area contributed by atoms with Crippen LogP contribution >= 0.6 is 0 Å². The van der Waals surface area contributed by atoms with Gasteiger partial charge in [0.2, 0.25) is 0 Å². The third kappa shape index (κ3) is 6.54. The van der Waals surface area contributed by atoms with Crippen LogP contribution in [0.2, 0.25) is 0 Å². The summed E-state index contributed by atoms with van der Waals surface area (Å²) in [5.41, 5.74) is 12.4. The summed E-state index contributed by atoms with van der Waals surface area (Å²) >= 11 is 0. The van der Waals surface area contributed by atoms with Gasteiger partial charge in [0, 0.05) is 39.4 Å². The van der Waals surface area contributed by atoms with Crippen LogP contribution in [0, 0.1) is 62.3 Å². The van der Waals surface area contributed by atoms with Gasteiger partial charge < -0.3 is 9.90 Å². The minimum atomic E-state index is -0.961. The van der Waals surface area contributed by atoms with Gasteiger partial charge in [0.15, 0.2) is 14.7 Å². The summed E-state index contributed by atoms with van der Waals surface area (Å²) in [4.78, 5) is 14.0. The molecule has 0 spiro atoms. The lowest BCUT2D eigenvalue weighted by atomic mass is 10.1. The summed E-state index contributed by atoms with van der Waals surface area (Å²) in [5, 5.41) is 9.49. The molecular weight excluding hydrogens is 436 g/mol. The van der Waals surface area contributed by atoms with Crippen molar-refractivity contribution >= 4 is 16.9 Å². The fourth-order valence-electron chi connectivity index (χ4n) is 4.98. The van der Waals surface area contributed by atoms with E-state index in [4.69, 9.17) is 0 Å². The molecule has 34 heavy (non-hydrogen) atoms. The maximum atomic E-state index is 9.49. The van der Waals surface area contributed by atoms with Crippen molar-refractivity contribution in [1.29, 1.82) is 0 Å². The molecule has 0 atom stereocenters. The Morgan fingerprint density at radius 2 is 0.824 bits per heavy atom. The van der Waals surface area contributed by atoms with E-state index in [2.05, 4.69) is 98.7 Å². The van der Waals surface area contributed by atoms with Crippen molar-refractivity contribution in [3.05, 3.63) is 86.5 Å². The summed E-state index contributed by atoms with van der Waals surface area (Å²) in [6.07, 6.45) is 0.850. The molecule has 0 amide bonds. The van der Waals surface area contributed by atoms with Crippen LogP contribution in [0.3, 0.4) is 0 Å². The Bertz CT molecular complexity index is 984. The van der Waals surface area contributed by atoms with Crippen molar-refractivity contribution in [3.63, 3.8) is 0 Å². The highest BCUT2D eigenvalue weighted by Crippen LogP contribution is 2.41. The van der Waals surface area contributed by atoms with E-state index in [9.17, 15) is 9.90 Å². The van der Waals surface area contributed by atoms with Crippen molar-refractivity contribution in [2.24, 2.45) is 0 Å². The number of carbonyl (C=O) groups is 1. The number of carbonyl (C=O) groups excluding carboxylic acids is 1. The molecule has 0 aliphatic heterocycles. The summed E-state index contributed by atoms with van der Waals surface area (Å²) in [6.45, 7) is 22.1. The number of aliphatic carboxylic acids is 1. The second-order valence-electron chi connectivity index (χ2n) is 9.61. The molecule has 0 radical (unpaired) electrons. The van der Waals surface area contributed by atoms with E-state index in [1.807, 2.05) is 0 Å². The number of hydrogen-bond donors (Lipinski definition) is 0. The maximum absolute atomic E-state index is 9.49. The molecule has 0 saturated carbocycles. The van der Waals surface area contributed by atoms with Gasteiger partial charge in [-0.1, -0.05) is 66.4 Å². The highest BCUT2D eigenvalue weighted by molar-refractivity contribution is 7.97. The van der Waals surface area contributed by atoms with Crippen LogP contribution in [0.25, 0.3) is 0 Å². The molecule has 182 valence electrons. The number of benzene rings is 3. The fourth-order valence-corrected chi connectivity index (χ4v) is 7.87. The molecule has 3 aromatic rings. The zero-order valence-electron chi connectivity index (χ0n) is 22.6. The van der Waals surface area contributed by atoms with E-state index in [1.165, 1.54) is 64.8 Å². The van der Waals surface area contributed by atoms with Crippen LogP contribution in [0.4, 0.5) is 0 Å². The largest absolute Gasteiger partial charge is 0.550 e. The highest BCUT2D eigenvalue weighted by Gasteiger charge is 2.37. The Morgan fingerprint density at radius 1 is 0.588 bits per heavy atom. The van der Waals surface area contributed by atoms with Gasteiger partial charge in [0.25, 0.3) is 0 Å². The first kappa shape index (κ1) is 27.7. The minimum absolute atomic E-state index is 0.109. The first-order valence-corrected chi connectivity index (χ1v) is 13.3. The molecule has 2 nitrogen and oxygen atoms in total. The Hall–Kier alpha value is -2.52. The lowest BCUT2D eigenvalue weighted by Crippen LogP contribution is -2.20. The molecular formula is C31H40O2S. The predicted octanol–water partition coefficient (Wildman–Crippen LogP) is 7.09. The molecule has 3 aromatic carbocycles. The highest BCUT2D eigenvalue weighted by atomic mass is 32.2. The summed E-state index contributed by atoms with van der Waals surface area (Å²) in [5.74, 6) is -0.961. The first-order chi connectivity index (χ1) is 15.9. The van der Waals surface area contributed by atoms with Gasteiger partial charge >= 0.3 is 0 Å². The molecule has 3 heteroatoms. The van der Waals surface area contributed by atoms with Gasteiger partial charge in [-0.2, -0.15) is 0 Å². The van der Waals surface area contributed by atoms with Crippen LogP contribution in [0.5, 0.6) is 0 Å². The Labute approximate surface area is 209 Å². The van der Waals surface area contributed by atoms with Crippen molar-refractivity contribution in [2.45, 2.75) is 96.8 Å².